The predicted molar refractivity (Wildman–Crippen MR) is 100 cm³/mol. The Kier molecular flexibility index (Phi) is 9.15. The lowest BCUT2D eigenvalue weighted by molar-refractivity contribution is -0.379. The minimum absolute atomic E-state index is 0.469. The molecule has 16 nitrogen and oxygen atoms in total. The first-order valence-electron chi connectivity index (χ1n) is 10.4. The summed E-state index contributed by atoms with van der Waals surface area (Å²) in [5.41, 5.74) is 0. The number of carbonyl (C=O) groups excluding carboxylic acids is 1. The average Bonchev–Trinajstić information content (AvgIpc) is 2.82. The molecule has 0 saturated carbocycles. The molecular formula is C18H30O16. The molecule has 3 aliphatic heterocycles. The van der Waals surface area contributed by atoms with Gasteiger partial charge in [-0.1, -0.05) is 0 Å². The zero-order valence-corrected chi connectivity index (χ0v) is 17.9. The molecule has 0 radical (unpaired) electrons. The van der Waals surface area contributed by atoms with E-state index in [9.17, 15) is 50.8 Å². The van der Waals surface area contributed by atoms with Gasteiger partial charge < -0.3 is 74.4 Å². The van der Waals surface area contributed by atoms with E-state index in [4.69, 9.17) is 23.7 Å². The van der Waals surface area contributed by atoms with E-state index in [0.29, 0.717) is 0 Å². The van der Waals surface area contributed by atoms with E-state index in [1.807, 2.05) is 0 Å². The highest BCUT2D eigenvalue weighted by Gasteiger charge is 2.54. The maximum absolute atomic E-state index is 12.0. The van der Waals surface area contributed by atoms with Gasteiger partial charge in [0.2, 0.25) is 0 Å². The number of rotatable bonds is 6. The Labute approximate surface area is 192 Å². The molecule has 3 heterocycles. The Hall–Kier alpha value is -1.09. The highest BCUT2D eigenvalue weighted by Crippen LogP contribution is 2.32. The van der Waals surface area contributed by atoms with E-state index in [1.165, 1.54) is 0 Å². The first kappa shape index (κ1) is 27.5. The minimum Gasteiger partial charge on any atom is -0.467 e. The van der Waals surface area contributed by atoms with Crippen molar-refractivity contribution >= 4 is 5.97 Å². The predicted octanol–water partition coefficient (Wildman–Crippen LogP) is -6.75. The lowest BCUT2D eigenvalue weighted by Gasteiger charge is -2.47. The van der Waals surface area contributed by atoms with E-state index in [2.05, 4.69) is 4.74 Å². The Balaban J connectivity index is 1.84. The van der Waals surface area contributed by atoms with Gasteiger partial charge in [0.15, 0.2) is 25.0 Å². The Morgan fingerprint density at radius 3 is 2.03 bits per heavy atom. The van der Waals surface area contributed by atoms with Crippen LogP contribution in [0, 0.1) is 0 Å². The molecule has 0 aromatic carbocycles. The smallest absolute Gasteiger partial charge is 0.337 e. The molecule has 3 saturated heterocycles. The van der Waals surface area contributed by atoms with Crippen molar-refractivity contribution in [3.63, 3.8) is 0 Å². The zero-order chi connectivity index (χ0) is 25.3. The summed E-state index contributed by atoms with van der Waals surface area (Å²) in [6, 6.07) is 0. The van der Waals surface area contributed by atoms with Crippen molar-refractivity contribution in [2.24, 2.45) is 0 Å². The summed E-state index contributed by atoms with van der Waals surface area (Å²) in [4.78, 5) is 12.0. The van der Waals surface area contributed by atoms with Crippen LogP contribution in [0.15, 0.2) is 0 Å². The van der Waals surface area contributed by atoms with Crippen molar-refractivity contribution in [3.8, 4) is 0 Å². The van der Waals surface area contributed by atoms with Gasteiger partial charge in [0, 0.05) is 0 Å². The maximum atomic E-state index is 12.0. The molecule has 0 aliphatic carbocycles. The Bertz CT molecular complexity index is 678. The second-order valence-electron chi connectivity index (χ2n) is 8.11. The second kappa shape index (κ2) is 11.3. The molecular weight excluding hydrogens is 472 g/mol. The summed E-state index contributed by atoms with van der Waals surface area (Å²) < 4.78 is 30.9. The molecule has 14 atom stereocenters. The standard InChI is InChI=1S/C18H30O16/c1-29-15(27)13-11(26)12(33-17-9(24)6(21)4(20)3-30-17)14(16(28)32-13)34-18-10(25)8(23)7(22)5(2-19)31-18/h4-14,16-26,28H,2-3H2,1H3/t4-,5+,6-,7-,8-,9+,10+,11-,12-,13-,14+,16?,17-,18-/m0/s1. The molecule has 0 amide bonds. The molecule has 0 aromatic heterocycles. The van der Waals surface area contributed by atoms with E-state index in [0.717, 1.165) is 7.11 Å². The van der Waals surface area contributed by atoms with Crippen molar-refractivity contribution in [2.45, 2.75) is 86.0 Å². The molecule has 3 rings (SSSR count). The van der Waals surface area contributed by atoms with Gasteiger partial charge in [0.25, 0.3) is 0 Å². The summed E-state index contributed by atoms with van der Waals surface area (Å²) in [7, 11) is 0.989. The summed E-state index contributed by atoms with van der Waals surface area (Å²) in [5, 5.41) is 90.3. The van der Waals surface area contributed by atoms with Gasteiger partial charge in [0.05, 0.1) is 20.3 Å². The van der Waals surface area contributed by atoms with Crippen molar-refractivity contribution < 1.29 is 79.2 Å². The molecule has 16 heteroatoms. The summed E-state index contributed by atoms with van der Waals surface area (Å²) in [6.45, 7) is -1.24. The van der Waals surface area contributed by atoms with Crippen LogP contribution in [0.25, 0.3) is 0 Å². The topological polar surface area (TPSA) is 255 Å². The molecule has 1 unspecified atom stereocenters. The minimum atomic E-state index is -2.04. The molecule has 0 bridgehead atoms. The largest absolute Gasteiger partial charge is 0.467 e. The normalized spacial score (nSPS) is 50.1. The van der Waals surface area contributed by atoms with Crippen LogP contribution in [-0.4, -0.2) is 158 Å². The molecule has 3 aliphatic rings. The van der Waals surface area contributed by atoms with Gasteiger partial charge >= 0.3 is 5.97 Å². The monoisotopic (exact) mass is 502 g/mol. The Morgan fingerprint density at radius 1 is 0.794 bits per heavy atom. The number of hydrogen-bond donors (Lipinski definition) is 9. The molecule has 198 valence electrons. The highest BCUT2D eigenvalue weighted by molar-refractivity contribution is 5.75. The second-order valence-corrected chi connectivity index (χ2v) is 8.11. The number of hydrogen-bond acceptors (Lipinski definition) is 16. The molecule has 9 N–H and O–H groups in total. The Morgan fingerprint density at radius 2 is 1.41 bits per heavy atom. The lowest BCUT2D eigenvalue weighted by atomic mass is 9.96. The van der Waals surface area contributed by atoms with Crippen LogP contribution in [-0.2, 0) is 33.2 Å². The molecule has 34 heavy (non-hydrogen) atoms. The quantitative estimate of drug-likeness (QED) is 0.153. The number of methoxy groups -OCH3 is 1. The van der Waals surface area contributed by atoms with Crippen LogP contribution in [0.1, 0.15) is 0 Å². The first-order valence-corrected chi connectivity index (χ1v) is 10.4. The fraction of sp³-hybridized carbons (Fsp3) is 0.944. The number of ether oxygens (including phenoxy) is 6. The van der Waals surface area contributed by atoms with Crippen LogP contribution in [0.3, 0.4) is 0 Å². The van der Waals surface area contributed by atoms with E-state index in [1.54, 1.807) is 0 Å². The number of esters is 1. The van der Waals surface area contributed by atoms with Crippen molar-refractivity contribution in [1.29, 1.82) is 0 Å². The number of aliphatic hydroxyl groups is 9. The van der Waals surface area contributed by atoms with Gasteiger partial charge in [-0.25, -0.2) is 4.79 Å². The zero-order valence-electron chi connectivity index (χ0n) is 17.9. The number of aliphatic hydroxyl groups excluding tert-OH is 9. The van der Waals surface area contributed by atoms with E-state index < -0.39 is 105 Å². The molecule has 0 aromatic rings. The van der Waals surface area contributed by atoms with Gasteiger partial charge in [0.1, 0.15) is 61.0 Å². The van der Waals surface area contributed by atoms with Gasteiger partial charge in [-0.2, -0.15) is 0 Å². The first-order chi connectivity index (χ1) is 16.0. The maximum Gasteiger partial charge on any atom is 0.337 e. The van der Waals surface area contributed by atoms with Crippen molar-refractivity contribution in [3.05, 3.63) is 0 Å². The summed E-state index contributed by atoms with van der Waals surface area (Å²) >= 11 is 0. The van der Waals surface area contributed by atoms with Crippen LogP contribution in [0.2, 0.25) is 0 Å². The third kappa shape index (κ3) is 5.35. The van der Waals surface area contributed by atoms with E-state index >= 15 is 0 Å². The van der Waals surface area contributed by atoms with Gasteiger partial charge in [-0.15, -0.1) is 0 Å². The fourth-order valence-corrected chi connectivity index (χ4v) is 3.84. The van der Waals surface area contributed by atoms with Gasteiger partial charge in [-0.3, -0.25) is 0 Å². The van der Waals surface area contributed by atoms with E-state index in [-0.39, 0.29) is 0 Å². The summed E-state index contributed by atoms with van der Waals surface area (Å²) in [6.07, 6.45) is -24.5. The van der Waals surface area contributed by atoms with Crippen LogP contribution >= 0.6 is 0 Å². The van der Waals surface area contributed by atoms with Crippen molar-refractivity contribution in [2.75, 3.05) is 20.3 Å². The summed E-state index contributed by atoms with van der Waals surface area (Å²) in [5.74, 6) is -1.10. The third-order valence-corrected chi connectivity index (χ3v) is 5.86. The van der Waals surface area contributed by atoms with Gasteiger partial charge in [-0.05, 0) is 0 Å². The fourth-order valence-electron chi connectivity index (χ4n) is 3.84. The van der Waals surface area contributed by atoms with Crippen LogP contribution < -0.4 is 0 Å². The van der Waals surface area contributed by atoms with Crippen LogP contribution in [0.5, 0.6) is 0 Å². The lowest BCUT2D eigenvalue weighted by Crippen LogP contribution is -2.66. The van der Waals surface area contributed by atoms with Crippen molar-refractivity contribution in [1.82, 2.24) is 0 Å². The molecule has 0 spiro atoms. The van der Waals surface area contributed by atoms with Crippen LogP contribution in [0.4, 0.5) is 0 Å². The SMILES string of the molecule is COC(=O)[C@H]1OC(O)[C@H](O[C@@H]2O[C@H](CO)[C@H](O)[C@H](O)[C@H]2O)[C@@H](O[C@@H]2OC[C@H](O)[C@H](O)[C@H]2O)[C@@H]1O. The molecule has 3 fully saturated rings. The average molecular weight is 502 g/mol. The number of carbonyl (C=O) groups is 1. The third-order valence-electron chi connectivity index (χ3n) is 5.86. The highest BCUT2D eigenvalue weighted by atomic mass is 16.8.